The van der Waals surface area contributed by atoms with Gasteiger partial charge < -0.3 is 5.32 Å². The average molecular weight is 456 g/mol. The van der Waals surface area contributed by atoms with E-state index < -0.39 is 10.0 Å². The molecule has 2 aromatic carbocycles. The van der Waals surface area contributed by atoms with Gasteiger partial charge >= 0.3 is 0 Å². The zero-order chi connectivity index (χ0) is 21.0. The van der Waals surface area contributed by atoms with Gasteiger partial charge in [-0.3, -0.25) is 9.69 Å². The normalized spacial score (nSPS) is 16.0. The Kier molecular flexibility index (Phi) is 7.19. The van der Waals surface area contributed by atoms with Crippen LogP contribution in [0.2, 0.25) is 10.0 Å². The highest BCUT2D eigenvalue weighted by atomic mass is 35.5. The van der Waals surface area contributed by atoms with Crippen molar-refractivity contribution in [1.29, 1.82) is 0 Å². The van der Waals surface area contributed by atoms with E-state index in [9.17, 15) is 13.2 Å². The van der Waals surface area contributed by atoms with Crippen molar-refractivity contribution >= 4 is 44.8 Å². The van der Waals surface area contributed by atoms with Gasteiger partial charge in [0.25, 0.3) is 5.91 Å². The quantitative estimate of drug-likeness (QED) is 0.720. The van der Waals surface area contributed by atoms with Crippen LogP contribution >= 0.6 is 23.2 Å². The summed E-state index contributed by atoms with van der Waals surface area (Å²) in [5, 5.41) is 3.66. The van der Waals surface area contributed by atoms with E-state index in [1.54, 1.807) is 41.6 Å². The van der Waals surface area contributed by atoms with Crippen LogP contribution in [0.3, 0.4) is 0 Å². The maximum Gasteiger partial charge on any atom is 0.255 e. The van der Waals surface area contributed by atoms with Gasteiger partial charge in [0.15, 0.2) is 0 Å². The summed E-state index contributed by atoms with van der Waals surface area (Å²) in [4.78, 5) is 14.6. The van der Waals surface area contributed by atoms with Crippen molar-refractivity contribution in [2.75, 3.05) is 37.2 Å². The third-order valence-electron chi connectivity index (χ3n) is 4.89. The van der Waals surface area contributed by atoms with Gasteiger partial charge in [-0.2, -0.15) is 4.31 Å². The first-order valence-electron chi connectivity index (χ1n) is 9.34. The Balaban J connectivity index is 1.56. The fraction of sp³-hybridized carbons (Fsp3) is 0.350. The zero-order valence-corrected chi connectivity index (χ0v) is 18.4. The van der Waals surface area contributed by atoms with E-state index >= 15 is 0 Å². The van der Waals surface area contributed by atoms with E-state index in [2.05, 4.69) is 10.2 Å². The number of halogens is 2. The smallest absolute Gasteiger partial charge is 0.255 e. The lowest BCUT2D eigenvalue weighted by molar-refractivity contribution is 0.102. The minimum atomic E-state index is -3.12. The Bertz CT molecular complexity index is 973. The fourth-order valence-electron chi connectivity index (χ4n) is 3.15. The third-order valence-corrected chi connectivity index (χ3v) is 7.32. The number of nitrogens with one attached hydrogen (secondary N) is 1. The molecule has 1 saturated heterocycles. The average Bonchev–Trinajstić information content (AvgIpc) is 2.71. The summed E-state index contributed by atoms with van der Waals surface area (Å²) < 4.78 is 25.4. The summed E-state index contributed by atoms with van der Waals surface area (Å²) in [6.07, 6.45) is 0. The summed E-state index contributed by atoms with van der Waals surface area (Å²) in [5.41, 5.74) is 2.10. The summed E-state index contributed by atoms with van der Waals surface area (Å²) in [5.74, 6) is -0.114. The molecule has 0 bridgehead atoms. The van der Waals surface area contributed by atoms with E-state index in [0.29, 0.717) is 54.0 Å². The molecule has 3 rings (SSSR count). The number of piperazine rings is 1. The molecule has 0 radical (unpaired) electrons. The van der Waals surface area contributed by atoms with E-state index in [1.165, 1.54) is 0 Å². The standard InChI is InChI=1S/C20H23Cl2N3O3S/c1-2-29(27,28)25-11-9-24(10-12-25)14-15-3-5-16(6-4-15)20(26)23-19-8-7-17(21)13-18(19)22/h3-8,13H,2,9-12,14H2,1H3,(H,23,26). The zero-order valence-electron chi connectivity index (χ0n) is 16.1. The molecule has 1 fully saturated rings. The molecule has 6 nitrogen and oxygen atoms in total. The van der Waals surface area contributed by atoms with Crippen LogP contribution in [-0.2, 0) is 16.6 Å². The van der Waals surface area contributed by atoms with E-state index in [4.69, 9.17) is 23.2 Å². The van der Waals surface area contributed by atoms with Crippen molar-refractivity contribution in [3.63, 3.8) is 0 Å². The molecule has 1 N–H and O–H groups in total. The number of amides is 1. The Morgan fingerprint density at radius 2 is 1.69 bits per heavy atom. The molecule has 156 valence electrons. The lowest BCUT2D eigenvalue weighted by Crippen LogP contribution is -2.48. The van der Waals surface area contributed by atoms with Crippen LogP contribution in [0.15, 0.2) is 42.5 Å². The summed E-state index contributed by atoms with van der Waals surface area (Å²) in [6.45, 7) is 4.79. The minimum absolute atomic E-state index is 0.137. The molecule has 29 heavy (non-hydrogen) atoms. The summed E-state index contributed by atoms with van der Waals surface area (Å²) in [7, 11) is -3.12. The minimum Gasteiger partial charge on any atom is -0.321 e. The number of carbonyl (C=O) groups excluding carboxylic acids is 1. The third kappa shape index (κ3) is 5.71. The molecule has 0 atom stereocenters. The van der Waals surface area contributed by atoms with Gasteiger partial charge in [-0.25, -0.2) is 8.42 Å². The molecule has 0 unspecified atom stereocenters. The highest BCUT2D eigenvalue weighted by Crippen LogP contribution is 2.26. The molecule has 2 aromatic rings. The lowest BCUT2D eigenvalue weighted by atomic mass is 10.1. The van der Waals surface area contributed by atoms with Gasteiger partial charge in [-0.15, -0.1) is 0 Å². The molecule has 1 aliphatic heterocycles. The molecule has 9 heteroatoms. The maximum atomic E-state index is 12.4. The SMILES string of the molecule is CCS(=O)(=O)N1CCN(Cc2ccc(C(=O)Nc3ccc(Cl)cc3Cl)cc2)CC1. The Morgan fingerprint density at radius 3 is 2.28 bits per heavy atom. The van der Waals surface area contributed by atoms with Crippen LogP contribution in [0.1, 0.15) is 22.8 Å². The summed E-state index contributed by atoms with van der Waals surface area (Å²) >= 11 is 12.0. The predicted octanol–water partition coefficient (Wildman–Crippen LogP) is 3.71. The van der Waals surface area contributed by atoms with Crippen LogP contribution in [0.25, 0.3) is 0 Å². The molecule has 0 spiro atoms. The largest absolute Gasteiger partial charge is 0.321 e. The summed E-state index contributed by atoms with van der Waals surface area (Å²) in [6, 6.07) is 12.3. The van der Waals surface area contributed by atoms with Crippen molar-refractivity contribution in [3.05, 3.63) is 63.6 Å². The van der Waals surface area contributed by atoms with Gasteiger partial charge in [-0.05, 0) is 42.8 Å². The van der Waals surface area contributed by atoms with Gasteiger partial charge in [0.05, 0.1) is 16.5 Å². The number of anilines is 1. The van der Waals surface area contributed by atoms with E-state index in [1.807, 2.05) is 12.1 Å². The topological polar surface area (TPSA) is 69.7 Å². The number of carbonyl (C=O) groups is 1. The Hall–Kier alpha value is -1.64. The van der Waals surface area contributed by atoms with E-state index in [0.717, 1.165) is 5.56 Å². The second kappa shape index (κ2) is 9.45. The van der Waals surface area contributed by atoms with Crippen LogP contribution in [-0.4, -0.2) is 55.5 Å². The fourth-order valence-corrected chi connectivity index (χ4v) is 4.69. The number of benzene rings is 2. The number of nitrogens with zero attached hydrogens (tertiary/aromatic N) is 2. The van der Waals surface area contributed by atoms with Crippen molar-refractivity contribution in [1.82, 2.24) is 9.21 Å². The number of sulfonamides is 1. The van der Waals surface area contributed by atoms with Gasteiger partial charge in [0.1, 0.15) is 0 Å². The monoisotopic (exact) mass is 455 g/mol. The van der Waals surface area contributed by atoms with Crippen molar-refractivity contribution < 1.29 is 13.2 Å². The molecule has 1 heterocycles. The molecular formula is C20H23Cl2N3O3S. The number of hydrogen-bond donors (Lipinski definition) is 1. The first-order chi connectivity index (χ1) is 13.8. The van der Waals surface area contributed by atoms with Crippen LogP contribution in [0, 0.1) is 0 Å². The van der Waals surface area contributed by atoms with Crippen LogP contribution in [0.5, 0.6) is 0 Å². The van der Waals surface area contributed by atoms with Crippen LogP contribution in [0.4, 0.5) is 5.69 Å². The highest BCUT2D eigenvalue weighted by Gasteiger charge is 2.25. The Labute approximate surface area is 181 Å². The molecule has 0 saturated carbocycles. The van der Waals surface area contributed by atoms with Crippen molar-refractivity contribution in [2.24, 2.45) is 0 Å². The van der Waals surface area contributed by atoms with Gasteiger partial charge in [0.2, 0.25) is 10.0 Å². The molecule has 0 aliphatic carbocycles. The van der Waals surface area contributed by atoms with E-state index in [-0.39, 0.29) is 11.7 Å². The predicted molar refractivity (Wildman–Crippen MR) is 117 cm³/mol. The number of hydrogen-bond acceptors (Lipinski definition) is 4. The lowest BCUT2D eigenvalue weighted by Gasteiger charge is -2.33. The second-order valence-corrected chi connectivity index (χ2v) is 9.95. The second-order valence-electron chi connectivity index (χ2n) is 6.85. The van der Waals surface area contributed by atoms with Crippen LogP contribution < -0.4 is 5.32 Å². The Morgan fingerprint density at radius 1 is 1.03 bits per heavy atom. The van der Waals surface area contributed by atoms with Crippen molar-refractivity contribution in [3.8, 4) is 0 Å². The van der Waals surface area contributed by atoms with Crippen molar-refractivity contribution in [2.45, 2.75) is 13.5 Å². The van der Waals surface area contributed by atoms with Gasteiger partial charge in [0, 0.05) is 43.3 Å². The molecule has 1 amide bonds. The number of rotatable bonds is 6. The van der Waals surface area contributed by atoms with Gasteiger partial charge in [-0.1, -0.05) is 35.3 Å². The maximum absolute atomic E-state index is 12.4. The molecule has 0 aromatic heterocycles. The first kappa shape index (κ1) is 22.1. The highest BCUT2D eigenvalue weighted by molar-refractivity contribution is 7.89. The first-order valence-corrected chi connectivity index (χ1v) is 11.7. The molecule has 1 aliphatic rings. The molecular weight excluding hydrogens is 433 g/mol.